The van der Waals surface area contributed by atoms with Gasteiger partial charge in [-0.2, -0.15) is 0 Å². The van der Waals surface area contributed by atoms with Crippen LogP contribution in [-0.2, 0) is 16.1 Å². The Balaban J connectivity index is 1.92. The van der Waals surface area contributed by atoms with Crippen molar-refractivity contribution in [1.82, 2.24) is 15.5 Å². The number of ether oxygens (including phenoxy) is 1. The number of urea groups is 1. The number of nitrogens with zero attached hydrogens (tertiary/aromatic N) is 1. The molecule has 1 aliphatic rings. The summed E-state index contributed by atoms with van der Waals surface area (Å²) in [7, 11) is 1.76. The van der Waals surface area contributed by atoms with Gasteiger partial charge in [0.15, 0.2) is 0 Å². The molecule has 0 saturated heterocycles. The van der Waals surface area contributed by atoms with E-state index in [4.69, 9.17) is 16.3 Å². The zero-order chi connectivity index (χ0) is 21.0. The fraction of sp³-hybridized carbons (Fsp3) is 0.300. The SMILES string of the molecule is CCOC(=O)C1=C(CN(C)Cc2c(F)cccc2Cl)NC(=O)N[C@H]1c1cccs1. The number of halogens is 2. The van der Waals surface area contributed by atoms with E-state index in [9.17, 15) is 14.0 Å². The maximum atomic E-state index is 14.1. The highest BCUT2D eigenvalue weighted by Crippen LogP contribution is 2.31. The van der Waals surface area contributed by atoms with Gasteiger partial charge in [0.1, 0.15) is 5.82 Å². The van der Waals surface area contributed by atoms with E-state index in [1.165, 1.54) is 17.4 Å². The molecule has 0 saturated carbocycles. The van der Waals surface area contributed by atoms with Crippen molar-refractivity contribution in [2.45, 2.75) is 19.5 Å². The van der Waals surface area contributed by atoms with Gasteiger partial charge in [0, 0.05) is 34.2 Å². The van der Waals surface area contributed by atoms with Crippen molar-refractivity contribution in [3.8, 4) is 0 Å². The van der Waals surface area contributed by atoms with Crippen LogP contribution in [0.2, 0.25) is 5.02 Å². The van der Waals surface area contributed by atoms with Crippen LogP contribution in [0.1, 0.15) is 23.4 Å². The molecule has 2 heterocycles. The molecule has 6 nitrogen and oxygen atoms in total. The number of thiophene rings is 1. The number of nitrogens with one attached hydrogen (secondary N) is 2. The van der Waals surface area contributed by atoms with Gasteiger partial charge in [-0.1, -0.05) is 23.7 Å². The van der Waals surface area contributed by atoms with Crippen molar-refractivity contribution in [2.24, 2.45) is 0 Å². The number of rotatable bonds is 7. The predicted octanol–water partition coefficient (Wildman–Crippen LogP) is 3.84. The second-order valence-corrected chi connectivity index (χ2v) is 7.92. The van der Waals surface area contributed by atoms with Gasteiger partial charge in [0.25, 0.3) is 0 Å². The van der Waals surface area contributed by atoms with Crippen LogP contribution in [0.15, 0.2) is 47.0 Å². The van der Waals surface area contributed by atoms with E-state index in [1.54, 1.807) is 31.0 Å². The number of esters is 1. The maximum absolute atomic E-state index is 14.1. The second-order valence-electron chi connectivity index (χ2n) is 6.53. The van der Waals surface area contributed by atoms with Crippen molar-refractivity contribution >= 4 is 34.9 Å². The highest BCUT2D eigenvalue weighted by atomic mass is 35.5. The Morgan fingerprint density at radius 1 is 1.31 bits per heavy atom. The van der Waals surface area contributed by atoms with Crippen LogP contribution in [0, 0.1) is 5.82 Å². The predicted molar refractivity (Wildman–Crippen MR) is 110 cm³/mol. The summed E-state index contributed by atoms with van der Waals surface area (Å²) >= 11 is 7.55. The highest BCUT2D eigenvalue weighted by molar-refractivity contribution is 7.10. The normalized spacial score (nSPS) is 16.6. The van der Waals surface area contributed by atoms with Crippen LogP contribution in [0.5, 0.6) is 0 Å². The van der Waals surface area contributed by atoms with Gasteiger partial charge >= 0.3 is 12.0 Å². The van der Waals surface area contributed by atoms with Gasteiger partial charge < -0.3 is 15.4 Å². The number of amides is 2. The van der Waals surface area contributed by atoms with Crippen molar-refractivity contribution < 1.29 is 18.7 Å². The zero-order valence-corrected chi connectivity index (χ0v) is 17.6. The first-order valence-electron chi connectivity index (χ1n) is 9.03. The van der Waals surface area contributed by atoms with Gasteiger partial charge in [0.05, 0.1) is 18.2 Å². The lowest BCUT2D eigenvalue weighted by Gasteiger charge is -2.30. The lowest BCUT2D eigenvalue weighted by molar-refractivity contribution is -0.139. The Kier molecular flexibility index (Phi) is 6.89. The maximum Gasteiger partial charge on any atom is 0.338 e. The van der Waals surface area contributed by atoms with Crippen molar-refractivity contribution in [2.75, 3.05) is 20.2 Å². The monoisotopic (exact) mass is 437 g/mol. The van der Waals surface area contributed by atoms with Gasteiger partial charge in [-0.25, -0.2) is 14.0 Å². The summed E-state index contributed by atoms with van der Waals surface area (Å²) in [6, 6.07) is 7.19. The van der Waals surface area contributed by atoms with Crippen LogP contribution >= 0.6 is 22.9 Å². The van der Waals surface area contributed by atoms with Gasteiger partial charge in [0.2, 0.25) is 0 Å². The van der Waals surface area contributed by atoms with Crippen molar-refractivity contribution in [3.63, 3.8) is 0 Å². The van der Waals surface area contributed by atoms with Crippen molar-refractivity contribution in [1.29, 1.82) is 0 Å². The molecule has 0 radical (unpaired) electrons. The third-order valence-electron chi connectivity index (χ3n) is 4.39. The molecule has 1 aromatic carbocycles. The number of hydrogen-bond acceptors (Lipinski definition) is 5. The molecule has 3 rings (SSSR count). The molecule has 1 atom stereocenters. The first-order chi connectivity index (χ1) is 13.9. The molecular weight excluding hydrogens is 417 g/mol. The molecule has 1 aromatic heterocycles. The molecule has 0 spiro atoms. The third-order valence-corrected chi connectivity index (χ3v) is 5.69. The van der Waals surface area contributed by atoms with Crippen LogP contribution in [0.3, 0.4) is 0 Å². The molecular formula is C20H21ClFN3O3S. The van der Waals surface area contributed by atoms with E-state index < -0.39 is 23.9 Å². The summed E-state index contributed by atoms with van der Waals surface area (Å²) in [5.41, 5.74) is 1.10. The molecule has 2 amide bonds. The summed E-state index contributed by atoms with van der Waals surface area (Å²) in [6.45, 7) is 2.34. The van der Waals surface area contributed by atoms with Crippen molar-refractivity contribution in [3.05, 3.63) is 68.3 Å². The fourth-order valence-electron chi connectivity index (χ4n) is 3.14. The van der Waals surface area contributed by atoms with E-state index in [-0.39, 0.29) is 19.7 Å². The Labute approximate surface area is 177 Å². The Hall–Kier alpha value is -2.42. The molecule has 0 unspecified atom stereocenters. The van der Waals surface area contributed by atoms with E-state index in [2.05, 4.69) is 10.6 Å². The largest absolute Gasteiger partial charge is 0.463 e. The molecule has 154 valence electrons. The highest BCUT2D eigenvalue weighted by Gasteiger charge is 2.34. The van der Waals surface area contributed by atoms with E-state index >= 15 is 0 Å². The Bertz CT molecular complexity index is 913. The molecule has 1 aliphatic heterocycles. The minimum Gasteiger partial charge on any atom is -0.463 e. The average molecular weight is 438 g/mol. The van der Waals surface area contributed by atoms with Gasteiger partial charge in [-0.05, 0) is 37.6 Å². The first kappa shape index (κ1) is 21.3. The minimum atomic E-state index is -0.608. The number of carbonyl (C=O) groups is 2. The number of hydrogen-bond donors (Lipinski definition) is 2. The summed E-state index contributed by atoms with van der Waals surface area (Å²) in [6.07, 6.45) is 0. The number of likely N-dealkylation sites (N-methyl/N-ethyl adjacent to an activating group) is 1. The summed E-state index contributed by atoms with van der Waals surface area (Å²) in [4.78, 5) is 27.5. The molecule has 0 aliphatic carbocycles. The Morgan fingerprint density at radius 2 is 2.10 bits per heavy atom. The molecule has 2 N–H and O–H groups in total. The third kappa shape index (κ3) is 4.95. The van der Waals surface area contributed by atoms with Crippen LogP contribution in [-0.4, -0.2) is 37.1 Å². The second kappa shape index (κ2) is 9.39. The zero-order valence-electron chi connectivity index (χ0n) is 16.0. The topological polar surface area (TPSA) is 70.7 Å². The van der Waals surface area contributed by atoms with Crippen LogP contribution in [0.25, 0.3) is 0 Å². The quantitative estimate of drug-likeness (QED) is 0.645. The van der Waals surface area contributed by atoms with E-state index in [0.29, 0.717) is 21.9 Å². The number of carbonyl (C=O) groups excluding carboxylic acids is 2. The smallest absolute Gasteiger partial charge is 0.338 e. The van der Waals surface area contributed by atoms with Gasteiger partial charge in [-0.15, -0.1) is 11.3 Å². The lowest BCUT2D eigenvalue weighted by atomic mass is 10.0. The molecule has 0 fully saturated rings. The first-order valence-corrected chi connectivity index (χ1v) is 10.3. The summed E-state index contributed by atoms with van der Waals surface area (Å²) in [5.74, 6) is -0.916. The van der Waals surface area contributed by atoms with E-state index in [1.807, 2.05) is 17.5 Å². The summed E-state index contributed by atoms with van der Waals surface area (Å²) < 4.78 is 19.4. The molecule has 29 heavy (non-hydrogen) atoms. The summed E-state index contributed by atoms with van der Waals surface area (Å²) in [5, 5.41) is 7.68. The molecule has 9 heteroatoms. The Morgan fingerprint density at radius 3 is 2.76 bits per heavy atom. The lowest BCUT2D eigenvalue weighted by Crippen LogP contribution is -2.48. The van der Waals surface area contributed by atoms with Crippen LogP contribution in [0.4, 0.5) is 9.18 Å². The fourth-order valence-corrected chi connectivity index (χ4v) is 4.15. The molecule has 2 aromatic rings. The van der Waals surface area contributed by atoms with E-state index in [0.717, 1.165) is 4.88 Å². The minimum absolute atomic E-state index is 0.202. The van der Waals surface area contributed by atoms with Crippen LogP contribution < -0.4 is 10.6 Å². The number of benzene rings is 1. The molecule has 0 bridgehead atoms. The average Bonchev–Trinajstić information content (AvgIpc) is 3.19. The van der Waals surface area contributed by atoms with Gasteiger partial charge in [-0.3, -0.25) is 4.90 Å². The standard InChI is InChI=1S/C20H21ClFN3O3S/c1-3-28-19(26)17-15(23-20(27)24-18(17)16-8-5-9-29-16)11-25(2)10-12-13(21)6-4-7-14(12)22/h4-9,18H,3,10-11H2,1-2H3,(H2,23,24,27)/t18-/m0/s1.